The molecule has 4 rings (SSSR count). The molecule has 0 aliphatic carbocycles. The van der Waals surface area contributed by atoms with Crippen molar-refractivity contribution in [3.63, 3.8) is 0 Å². The molecule has 0 bridgehead atoms. The number of rotatable bonds is 5. The Bertz CT molecular complexity index is 1020. The third kappa shape index (κ3) is 3.15. The molecule has 0 saturated heterocycles. The van der Waals surface area contributed by atoms with Gasteiger partial charge in [0.1, 0.15) is 12.3 Å². The van der Waals surface area contributed by atoms with E-state index < -0.39 is 0 Å². The van der Waals surface area contributed by atoms with Crippen LogP contribution in [0.4, 0.5) is 0 Å². The highest BCUT2D eigenvalue weighted by Crippen LogP contribution is 2.33. The van der Waals surface area contributed by atoms with Gasteiger partial charge in [-0.25, -0.2) is 0 Å². The molecule has 6 nitrogen and oxygen atoms in total. The van der Waals surface area contributed by atoms with Crippen LogP contribution in [0.2, 0.25) is 0 Å². The zero-order valence-electron chi connectivity index (χ0n) is 16.4. The summed E-state index contributed by atoms with van der Waals surface area (Å²) in [6.45, 7) is 1.55. The quantitative estimate of drug-likeness (QED) is 0.682. The van der Waals surface area contributed by atoms with Crippen molar-refractivity contribution in [1.82, 2.24) is 9.47 Å². The fourth-order valence-corrected chi connectivity index (χ4v) is 3.86. The van der Waals surface area contributed by atoms with Crippen molar-refractivity contribution in [3.8, 4) is 17.2 Å². The molecule has 2 aromatic carbocycles. The Kier molecular flexibility index (Phi) is 4.86. The number of benzene rings is 2. The van der Waals surface area contributed by atoms with Gasteiger partial charge >= 0.3 is 0 Å². The molecule has 0 spiro atoms. The van der Waals surface area contributed by atoms with Gasteiger partial charge in [-0.15, -0.1) is 0 Å². The van der Waals surface area contributed by atoms with Gasteiger partial charge in [-0.1, -0.05) is 12.1 Å². The van der Waals surface area contributed by atoms with Crippen LogP contribution in [0.1, 0.15) is 11.1 Å². The van der Waals surface area contributed by atoms with E-state index in [1.165, 1.54) is 5.56 Å². The van der Waals surface area contributed by atoms with E-state index >= 15 is 0 Å². The lowest BCUT2D eigenvalue weighted by Crippen LogP contribution is -2.38. The van der Waals surface area contributed by atoms with Crippen molar-refractivity contribution in [1.29, 1.82) is 0 Å². The van der Waals surface area contributed by atoms with Crippen molar-refractivity contribution in [2.75, 3.05) is 27.9 Å². The van der Waals surface area contributed by atoms with E-state index in [1.54, 1.807) is 21.3 Å². The third-order valence-electron chi connectivity index (χ3n) is 5.35. The van der Waals surface area contributed by atoms with Gasteiger partial charge in [0.25, 0.3) is 0 Å². The molecular weight excluding hydrogens is 356 g/mol. The molecule has 0 unspecified atom stereocenters. The number of para-hydroxylation sites is 1. The first-order valence-electron chi connectivity index (χ1n) is 9.28. The van der Waals surface area contributed by atoms with Crippen LogP contribution in [-0.2, 0) is 24.3 Å². The summed E-state index contributed by atoms with van der Waals surface area (Å²) < 4.78 is 18.2. The lowest BCUT2D eigenvalue weighted by molar-refractivity contribution is -0.132. The first-order valence-corrected chi connectivity index (χ1v) is 9.28. The molecule has 1 aliphatic heterocycles. The van der Waals surface area contributed by atoms with E-state index in [9.17, 15) is 4.79 Å². The molecule has 0 atom stereocenters. The summed E-state index contributed by atoms with van der Waals surface area (Å²) in [5.41, 5.74) is 3.25. The van der Waals surface area contributed by atoms with Crippen LogP contribution in [0, 0.1) is 0 Å². The molecule has 28 heavy (non-hydrogen) atoms. The normalized spacial score (nSPS) is 13.3. The first kappa shape index (κ1) is 18.2. The van der Waals surface area contributed by atoms with Gasteiger partial charge in [0.2, 0.25) is 5.91 Å². The van der Waals surface area contributed by atoms with Gasteiger partial charge in [-0.05, 0) is 41.8 Å². The molecule has 6 heteroatoms. The van der Waals surface area contributed by atoms with E-state index in [1.807, 2.05) is 52.1 Å². The summed E-state index contributed by atoms with van der Waals surface area (Å²) in [4.78, 5) is 14.9. The number of aromatic nitrogens is 1. The fraction of sp³-hybridized carbons (Fsp3) is 0.318. The SMILES string of the molecule is COc1cc2c(cc1OC)CN(C(=O)Cn1ccc3cccc(OC)c31)CC2. The first-order chi connectivity index (χ1) is 13.6. The van der Waals surface area contributed by atoms with Crippen LogP contribution in [0.5, 0.6) is 17.2 Å². The number of carbonyl (C=O) groups is 1. The topological polar surface area (TPSA) is 52.9 Å². The Labute approximate surface area is 164 Å². The molecule has 1 amide bonds. The van der Waals surface area contributed by atoms with E-state index in [-0.39, 0.29) is 12.5 Å². The standard InChI is InChI=1S/C22H24N2O4/c1-26-18-6-4-5-15-7-10-24(22(15)18)14-21(25)23-9-8-16-11-19(27-2)20(28-3)12-17(16)13-23/h4-7,10-12H,8-9,13-14H2,1-3H3. The molecular formula is C22H24N2O4. The Morgan fingerprint density at radius 2 is 1.68 bits per heavy atom. The van der Waals surface area contributed by atoms with Crippen molar-refractivity contribution in [3.05, 3.63) is 53.7 Å². The molecule has 3 aromatic rings. The van der Waals surface area contributed by atoms with Gasteiger partial charge in [0.05, 0.1) is 26.8 Å². The average Bonchev–Trinajstić information content (AvgIpc) is 3.15. The highest BCUT2D eigenvalue weighted by Gasteiger charge is 2.23. The summed E-state index contributed by atoms with van der Waals surface area (Å²) in [5, 5.41) is 1.06. The highest BCUT2D eigenvalue weighted by molar-refractivity contribution is 5.88. The van der Waals surface area contributed by atoms with Crippen molar-refractivity contribution in [2.45, 2.75) is 19.5 Å². The van der Waals surface area contributed by atoms with E-state index in [0.717, 1.165) is 34.4 Å². The number of ether oxygens (including phenoxy) is 3. The predicted octanol–water partition coefficient (Wildman–Crippen LogP) is 3.25. The van der Waals surface area contributed by atoms with Gasteiger partial charge in [0.15, 0.2) is 11.5 Å². The number of amides is 1. The van der Waals surface area contributed by atoms with E-state index in [4.69, 9.17) is 14.2 Å². The summed E-state index contributed by atoms with van der Waals surface area (Å²) in [6.07, 6.45) is 2.74. The minimum atomic E-state index is 0.0869. The van der Waals surface area contributed by atoms with E-state index in [0.29, 0.717) is 18.8 Å². The summed E-state index contributed by atoms with van der Waals surface area (Å²) in [7, 11) is 4.91. The smallest absolute Gasteiger partial charge is 0.242 e. The summed E-state index contributed by atoms with van der Waals surface area (Å²) in [5.74, 6) is 2.28. The highest BCUT2D eigenvalue weighted by atomic mass is 16.5. The Balaban J connectivity index is 1.56. The zero-order valence-corrected chi connectivity index (χ0v) is 16.4. The number of fused-ring (bicyclic) bond motifs is 2. The molecule has 0 radical (unpaired) electrons. The molecule has 1 aliphatic rings. The average molecular weight is 380 g/mol. The van der Waals surface area contributed by atoms with Crippen LogP contribution < -0.4 is 14.2 Å². The number of carbonyl (C=O) groups excluding carboxylic acids is 1. The second-order valence-corrected chi connectivity index (χ2v) is 6.88. The second-order valence-electron chi connectivity index (χ2n) is 6.88. The zero-order chi connectivity index (χ0) is 19.7. The molecule has 0 fully saturated rings. The van der Waals surface area contributed by atoms with E-state index in [2.05, 4.69) is 0 Å². The minimum absolute atomic E-state index is 0.0869. The molecule has 146 valence electrons. The van der Waals surface area contributed by atoms with Crippen LogP contribution in [0.25, 0.3) is 10.9 Å². The summed E-state index contributed by atoms with van der Waals surface area (Å²) >= 11 is 0. The number of methoxy groups -OCH3 is 3. The lowest BCUT2D eigenvalue weighted by Gasteiger charge is -2.30. The van der Waals surface area contributed by atoms with Crippen LogP contribution in [0.3, 0.4) is 0 Å². The van der Waals surface area contributed by atoms with Crippen LogP contribution in [0.15, 0.2) is 42.6 Å². The maximum absolute atomic E-state index is 13.0. The van der Waals surface area contributed by atoms with Crippen molar-refractivity contribution >= 4 is 16.8 Å². The Morgan fingerprint density at radius 1 is 0.964 bits per heavy atom. The molecule has 0 N–H and O–H groups in total. The van der Waals surface area contributed by atoms with Crippen LogP contribution >= 0.6 is 0 Å². The molecule has 2 heterocycles. The molecule has 1 aromatic heterocycles. The third-order valence-corrected chi connectivity index (χ3v) is 5.35. The largest absolute Gasteiger partial charge is 0.495 e. The van der Waals surface area contributed by atoms with Crippen molar-refractivity contribution < 1.29 is 19.0 Å². The fourth-order valence-electron chi connectivity index (χ4n) is 3.86. The number of hydrogen-bond acceptors (Lipinski definition) is 4. The number of hydrogen-bond donors (Lipinski definition) is 0. The lowest BCUT2D eigenvalue weighted by atomic mass is 9.98. The van der Waals surface area contributed by atoms with Gasteiger partial charge < -0.3 is 23.7 Å². The number of nitrogens with zero attached hydrogens (tertiary/aromatic N) is 2. The maximum Gasteiger partial charge on any atom is 0.242 e. The van der Waals surface area contributed by atoms with Gasteiger partial charge in [0, 0.05) is 24.7 Å². The maximum atomic E-state index is 13.0. The monoisotopic (exact) mass is 380 g/mol. The molecule has 0 saturated carbocycles. The summed E-state index contributed by atoms with van der Waals surface area (Å²) in [6, 6.07) is 11.9. The second kappa shape index (κ2) is 7.46. The van der Waals surface area contributed by atoms with Gasteiger partial charge in [-0.3, -0.25) is 4.79 Å². The van der Waals surface area contributed by atoms with Crippen LogP contribution in [-0.4, -0.2) is 43.2 Å². The van der Waals surface area contributed by atoms with Gasteiger partial charge in [-0.2, -0.15) is 0 Å². The Hall–Kier alpha value is -3.15. The van der Waals surface area contributed by atoms with Crippen molar-refractivity contribution in [2.24, 2.45) is 0 Å². The minimum Gasteiger partial charge on any atom is -0.495 e. The Morgan fingerprint density at radius 3 is 2.39 bits per heavy atom. The predicted molar refractivity (Wildman–Crippen MR) is 107 cm³/mol.